The topological polar surface area (TPSA) is 59.0 Å². The van der Waals surface area contributed by atoms with Gasteiger partial charge in [0.15, 0.2) is 5.78 Å². The van der Waals surface area contributed by atoms with Crippen molar-refractivity contribution >= 4 is 28.7 Å². The quantitative estimate of drug-likeness (QED) is 0.124. The van der Waals surface area contributed by atoms with Crippen molar-refractivity contribution in [3.05, 3.63) is 130 Å². The summed E-state index contributed by atoms with van der Waals surface area (Å²) in [6.07, 6.45) is 1.97. The van der Waals surface area contributed by atoms with Gasteiger partial charge in [-0.1, -0.05) is 79.2 Å². The molecule has 5 rings (SSSR count). The Kier molecular flexibility index (Phi) is 7.97. The summed E-state index contributed by atoms with van der Waals surface area (Å²) in [5, 5.41) is 4.24. The summed E-state index contributed by atoms with van der Waals surface area (Å²) in [5.74, 6) is -0.110. The van der Waals surface area contributed by atoms with Crippen LogP contribution in [-0.2, 0) is 17.9 Å². The van der Waals surface area contributed by atoms with E-state index in [0.29, 0.717) is 41.9 Å². The summed E-state index contributed by atoms with van der Waals surface area (Å²) in [7, 11) is 0. The zero-order valence-corrected chi connectivity index (χ0v) is 22.4. The van der Waals surface area contributed by atoms with Crippen LogP contribution in [0, 0.1) is 0 Å². The molecule has 0 bridgehead atoms. The van der Waals surface area contributed by atoms with Crippen molar-refractivity contribution in [3.8, 4) is 0 Å². The van der Waals surface area contributed by atoms with Crippen molar-refractivity contribution in [2.24, 2.45) is 5.16 Å². The van der Waals surface area contributed by atoms with Gasteiger partial charge in [-0.2, -0.15) is 0 Å². The highest BCUT2D eigenvalue weighted by Crippen LogP contribution is 2.39. The molecule has 0 fully saturated rings. The Morgan fingerprint density at radius 3 is 2.03 bits per heavy atom. The average molecular weight is 517 g/mol. The molecule has 0 unspecified atom stereocenters. The van der Waals surface area contributed by atoms with Crippen molar-refractivity contribution in [3.63, 3.8) is 0 Å². The summed E-state index contributed by atoms with van der Waals surface area (Å²) in [4.78, 5) is 34.4. The van der Waals surface area contributed by atoms with Gasteiger partial charge in [0.2, 0.25) is 5.78 Å². The minimum absolute atomic E-state index is 0.00657. The van der Waals surface area contributed by atoms with Gasteiger partial charge >= 0.3 is 0 Å². The number of fused-ring (bicyclic) bond motifs is 2. The maximum Gasteiger partial charge on any atom is 0.210 e. The van der Waals surface area contributed by atoms with E-state index in [0.717, 1.165) is 41.0 Å². The third-order valence-corrected chi connectivity index (χ3v) is 7.00. The van der Waals surface area contributed by atoms with Gasteiger partial charge in [0.05, 0.1) is 0 Å². The standard InChI is InChI=1S/C34H32N2O3/c1-3-11-30(35-39-23-24-12-7-5-8-13-24)34(38)27-17-19-32-29(21-27)22-28-20-26(16-18-31(28)36(32)4-2)33(37)25-14-9-6-10-15-25/h5-10,12-21H,3-4,11,22-23H2,1-2H3/b35-30+. The van der Waals surface area contributed by atoms with Crippen LogP contribution in [0.2, 0.25) is 0 Å². The number of hydrogen-bond donors (Lipinski definition) is 0. The molecule has 5 nitrogen and oxygen atoms in total. The normalized spacial score (nSPS) is 12.5. The second-order valence-electron chi connectivity index (χ2n) is 9.68. The van der Waals surface area contributed by atoms with Crippen LogP contribution < -0.4 is 4.90 Å². The number of Topliss-reactive ketones (excluding diaryl/α,β-unsaturated/α-hetero) is 1. The molecule has 0 saturated carbocycles. The fourth-order valence-electron chi connectivity index (χ4n) is 5.06. The van der Waals surface area contributed by atoms with E-state index in [1.165, 1.54) is 0 Å². The van der Waals surface area contributed by atoms with Crippen molar-refractivity contribution in [2.45, 2.75) is 39.7 Å². The van der Waals surface area contributed by atoms with E-state index in [1.807, 2.05) is 104 Å². The maximum atomic E-state index is 13.5. The van der Waals surface area contributed by atoms with Crippen LogP contribution in [0.15, 0.2) is 102 Å². The minimum atomic E-state index is -0.116. The van der Waals surface area contributed by atoms with Crippen molar-refractivity contribution < 1.29 is 14.4 Å². The first kappa shape index (κ1) is 26.1. The predicted molar refractivity (Wildman–Crippen MR) is 156 cm³/mol. The first-order valence-electron chi connectivity index (χ1n) is 13.5. The number of oxime groups is 1. The monoisotopic (exact) mass is 516 g/mol. The number of ketones is 2. The molecule has 1 aliphatic heterocycles. The van der Waals surface area contributed by atoms with Gasteiger partial charge in [-0.3, -0.25) is 9.59 Å². The van der Waals surface area contributed by atoms with Gasteiger partial charge in [-0.05, 0) is 66.4 Å². The van der Waals surface area contributed by atoms with Gasteiger partial charge in [0.25, 0.3) is 0 Å². The molecule has 4 aromatic rings. The lowest BCUT2D eigenvalue weighted by Crippen LogP contribution is -2.24. The van der Waals surface area contributed by atoms with E-state index in [-0.39, 0.29) is 11.6 Å². The molecule has 4 aromatic carbocycles. The molecular formula is C34H32N2O3. The molecule has 0 aliphatic carbocycles. The Bertz CT molecular complexity index is 1510. The van der Waals surface area contributed by atoms with Gasteiger partial charge in [-0.25, -0.2) is 0 Å². The third-order valence-electron chi connectivity index (χ3n) is 7.00. The Morgan fingerprint density at radius 2 is 1.38 bits per heavy atom. The Morgan fingerprint density at radius 1 is 0.769 bits per heavy atom. The number of anilines is 2. The van der Waals surface area contributed by atoms with Crippen molar-refractivity contribution in [2.75, 3.05) is 11.4 Å². The van der Waals surface area contributed by atoms with E-state index >= 15 is 0 Å². The number of rotatable bonds is 10. The average Bonchev–Trinajstić information content (AvgIpc) is 2.99. The Hall–Kier alpha value is -4.51. The zero-order valence-electron chi connectivity index (χ0n) is 22.4. The van der Waals surface area contributed by atoms with Gasteiger partial charge < -0.3 is 9.74 Å². The summed E-state index contributed by atoms with van der Waals surface area (Å²) < 4.78 is 0. The molecule has 0 radical (unpaired) electrons. The summed E-state index contributed by atoms with van der Waals surface area (Å²) in [6, 6.07) is 30.9. The molecule has 0 N–H and O–H groups in total. The highest BCUT2D eigenvalue weighted by Gasteiger charge is 2.25. The first-order valence-corrected chi connectivity index (χ1v) is 13.5. The molecule has 196 valence electrons. The molecule has 0 spiro atoms. The minimum Gasteiger partial charge on any atom is -0.391 e. The van der Waals surface area contributed by atoms with Crippen LogP contribution in [0.1, 0.15) is 69.7 Å². The molecule has 1 heterocycles. The van der Waals surface area contributed by atoms with E-state index in [9.17, 15) is 9.59 Å². The fourth-order valence-corrected chi connectivity index (χ4v) is 5.06. The van der Waals surface area contributed by atoms with Crippen LogP contribution in [0.5, 0.6) is 0 Å². The van der Waals surface area contributed by atoms with E-state index in [2.05, 4.69) is 17.0 Å². The molecular weight excluding hydrogens is 484 g/mol. The smallest absolute Gasteiger partial charge is 0.210 e. The number of hydrogen-bond acceptors (Lipinski definition) is 5. The van der Waals surface area contributed by atoms with Crippen LogP contribution in [0.3, 0.4) is 0 Å². The molecule has 0 amide bonds. The zero-order chi connectivity index (χ0) is 27.2. The molecule has 0 aromatic heterocycles. The maximum absolute atomic E-state index is 13.5. The van der Waals surface area contributed by atoms with Gasteiger partial charge in [0.1, 0.15) is 12.3 Å². The summed E-state index contributed by atoms with van der Waals surface area (Å²) >= 11 is 0. The molecule has 0 saturated heterocycles. The second-order valence-corrected chi connectivity index (χ2v) is 9.68. The van der Waals surface area contributed by atoms with Gasteiger partial charge in [-0.15, -0.1) is 0 Å². The van der Waals surface area contributed by atoms with Crippen LogP contribution >= 0.6 is 0 Å². The third kappa shape index (κ3) is 5.68. The summed E-state index contributed by atoms with van der Waals surface area (Å²) in [6.45, 7) is 5.22. The predicted octanol–water partition coefficient (Wildman–Crippen LogP) is 7.54. The highest BCUT2D eigenvalue weighted by atomic mass is 16.6. The lowest BCUT2D eigenvalue weighted by molar-refractivity contribution is 0.102. The summed E-state index contributed by atoms with van der Waals surface area (Å²) in [5.41, 5.74) is 7.67. The van der Waals surface area contributed by atoms with Crippen molar-refractivity contribution in [1.82, 2.24) is 0 Å². The molecule has 39 heavy (non-hydrogen) atoms. The lowest BCUT2D eigenvalue weighted by Gasteiger charge is -2.33. The Balaban J connectivity index is 1.41. The van der Waals surface area contributed by atoms with E-state index in [1.54, 1.807) is 0 Å². The molecule has 5 heteroatoms. The number of carbonyl (C=O) groups is 2. The van der Waals surface area contributed by atoms with E-state index < -0.39 is 0 Å². The first-order chi connectivity index (χ1) is 19.1. The number of carbonyl (C=O) groups excluding carboxylic acids is 2. The van der Waals surface area contributed by atoms with Crippen LogP contribution in [0.25, 0.3) is 0 Å². The van der Waals surface area contributed by atoms with Crippen LogP contribution in [-0.4, -0.2) is 23.8 Å². The molecule has 1 aliphatic rings. The SMILES string of the molecule is CCC/C(=N\OCc1ccccc1)C(=O)c1ccc2c(c1)Cc1cc(C(=O)c3ccccc3)ccc1N2CC. The fraction of sp³-hybridized carbons (Fsp3) is 0.206. The lowest BCUT2D eigenvalue weighted by atomic mass is 9.90. The number of benzene rings is 4. The van der Waals surface area contributed by atoms with Crippen LogP contribution in [0.4, 0.5) is 11.4 Å². The van der Waals surface area contributed by atoms with Crippen molar-refractivity contribution in [1.29, 1.82) is 0 Å². The van der Waals surface area contributed by atoms with E-state index in [4.69, 9.17) is 4.84 Å². The highest BCUT2D eigenvalue weighted by molar-refractivity contribution is 6.45. The second kappa shape index (κ2) is 11.9. The molecule has 0 atom stereocenters. The largest absolute Gasteiger partial charge is 0.391 e. The number of nitrogens with zero attached hydrogens (tertiary/aromatic N) is 2. The van der Waals surface area contributed by atoms with Gasteiger partial charge in [0, 0.05) is 41.0 Å². The Labute approximate surface area is 229 Å².